The molecule has 0 aromatic carbocycles. The zero-order valence-electron chi connectivity index (χ0n) is 19.8. The number of aliphatic hydroxyl groups excluding tert-OH is 1. The highest BCUT2D eigenvalue weighted by molar-refractivity contribution is 5.16. The molecule has 0 aromatic rings. The molecule has 2 heterocycles. The predicted octanol–water partition coefficient (Wildman–Crippen LogP) is 5.37. The minimum Gasteiger partial charge on any atom is -0.393 e. The van der Waals surface area contributed by atoms with Gasteiger partial charge in [0.05, 0.1) is 12.2 Å². The molecule has 0 amide bonds. The molecule has 2 aliphatic heterocycles. The van der Waals surface area contributed by atoms with Crippen LogP contribution in [0.15, 0.2) is 0 Å². The number of aliphatic hydroxyl groups is 1. The Balaban J connectivity index is 1.26. The second kappa shape index (κ2) is 6.70. The van der Waals surface area contributed by atoms with Crippen LogP contribution in [0.25, 0.3) is 0 Å². The Bertz CT molecular complexity index is 686. The largest absolute Gasteiger partial charge is 0.393 e. The molecule has 3 nitrogen and oxygen atoms in total. The van der Waals surface area contributed by atoms with Crippen molar-refractivity contribution < 1.29 is 9.84 Å². The summed E-state index contributed by atoms with van der Waals surface area (Å²) in [5, 5.41) is 14.2. The van der Waals surface area contributed by atoms with Crippen LogP contribution in [0, 0.1) is 52.3 Å². The maximum Gasteiger partial charge on any atom is 0.122 e. The lowest BCUT2D eigenvalue weighted by Gasteiger charge is -2.61. The molecule has 6 rings (SSSR count). The van der Waals surface area contributed by atoms with E-state index in [4.69, 9.17) is 4.74 Å². The molecule has 3 heteroatoms. The standard InChI is InChI=1S/C27H45NO2/c1-16-7-12-27(28-15-16)17(2)24-23(30-27)14-22-20-6-5-18-13-19(29)8-10-25(18,3)21(20)9-11-26(22,24)4/h16-24,28-29H,5-15H2,1-4H3/t16-,17-,18+,19-,20-,21+,22+,23+,24-,25+,26+,27-/m1/s1. The van der Waals surface area contributed by atoms with Gasteiger partial charge in [0.15, 0.2) is 0 Å². The fourth-order valence-electron chi connectivity index (χ4n) is 10.4. The minimum atomic E-state index is -0.0320. The van der Waals surface area contributed by atoms with Crippen molar-refractivity contribution in [3.05, 3.63) is 0 Å². The molecule has 0 bridgehead atoms. The van der Waals surface area contributed by atoms with Gasteiger partial charge >= 0.3 is 0 Å². The molecular weight excluding hydrogens is 370 g/mol. The van der Waals surface area contributed by atoms with E-state index in [1.165, 1.54) is 51.4 Å². The lowest BCUT2D eigenvalue weighted by molar-refractivity contribution is -0.140. The molecule has 2 N–H and O–H groups in total. The molecule has 0 radical (unpaired) electrons. The molecule has 170 valence electrons. The van der Waals surface area contributed by atoms with Gasteiger partial charge in [-0.2, -0.15) is 0 Å². The van der Waals surface area contributed by atoms with Crippen molar-refractivity contribution >= 4 is 0 Å². The normalized spacial score (nSPS) is 62.5. The van der Waals surface area contributed by atoms with Gasteiger partial charge < -0.3 is 9.84 Å². The number of piperidine rings is 1. The molecule has 12 atom stereocenters. The van der Waals surface area contributed by atoms with Crippen LogP contribution in [0.2, 0.25) is 0 Å². The molecule has 0 unspecified atom stereocenters. The molecule has 6 aliphatic rings. The van der Waals surface area contributed by atoms with Gasteiger partial charge in [0.2, 0.25) is 0 Å². The summed E-state index contributed by atoms with van der Waals surface area (Å²) in [6.45, 7) is 11.3. The van der Waals surface area contributed by atoms with E-state index in [0.29, 0.717) is 22.9 Å². The van der Waals surface area contributed by atoms with Crippen molar-refractivity contribution in [1.29, 1.82) is 0 Å². The molecule has 30 heavy (non-hydrogen) atoms. The smallest absolute Gasteiger partial charge is 0.122 e. The van der Waals surface area contributed by atoms with Crippen molar-refractivity contribution in [2.75, 3.05) is 6.54 Å². The minimum absolute atomic E-state index is 0.0319. The first-order chi connectivity index (χ1) is 14.3. The Morgan fingerprint density at radius 3 is 2.43 bits per heavy atom. The second-order valence-electron chi connectivity index (χ2n) is 13.3. The number of ether oxygens (including phenoxy) is 1. The van der Waals surface area contributed by atoms with Crippen molar-refractivity contribution in [2.45, 2.75) is 110 Å². The van der Waals surface area contributed by atoms with E-state index in [0.717, 1.165) is 54.9 Å². The van der Waals surface area contributed by atoms with Gasteiger partial charge in [0, 0.05) is 12.5 Å². The van der Waals surface area contributed by atoms with E-state index >= 15 is 0 Å². The predicted molar refractivity (Wildman–Crippen MR) is 120 cm³/mol. The van der Waals surface area contributed by atoms with Gasteiger partial charge in [-0.25, -0.2) is 0 Å². The van der Waals surface area contributed by atoms with E-state index in [2.05, 4.69) is 33.0 Å². The fraction of sp³-hybridized carbons (Fsp3) is 1.00. The van der Waals surface area contributed by atoms with Crippen LogP contribution in [0.3, 0.4) is 0 Å². The zero-order chi connectivity index (χ0) is 20.9. The highest BCUT2D eigenvalue weighted by atomic mass is 16.5. The number of hydrogen-bond donors (Lipinski definition) is 2. The Morgan fingerprint density at radius 1 is 0.867 bits per heavy atom. The SMILES string of the molecule is C[C@@H]1CC[C@@]2(NC1)O[C@H]1C[C@H]3[C@@H]4CC[C@H]5C[C@H](O)CC[C@]5(C)[C@H]4CC[C@]3(C)[C@@H]1[C@H]2C. The Kier molecular flexibility index (Phi) is 4.58. The average Bonchev–Trinajstić information content (AvgIpc) is 3.16. The quantitative estimate of drug-likeness (QED) is 0.559. The monoisotopic (exact) mass is 415 g/mol. The third kappa shape index (κ3) is 2.61. The van der Waals surface area contributed by atoms with Gasteiger partial charge in [-0.3, -0.25) is 5.32 Å². The van der Waals surface area contributed by atoms with E-state index in [1.54, 1.807) is 0 Å². The first-order valence-corrected chi connectivity index (χ1v) is 13.4. The molecule has 6 fully saturated rings. The summed E-state index contributed by atoms with van der Waals surface area (Å²) < 4.78 is 7.01. The number of hydrogen-bond acceptors (Lipinski definition) is 3. The van der Waals surface area contributed by atoms with Gasteiger partial charge in [-0.15, -0.1) is 0 Å². The van der Waals surface area contributed by atoms with Crippen LogP contribution >= 0.6 is 0 Å². The number of nitrogens with one attached hydrogen (secondary N) is 1. The van der Waals surface area contributed by atoms with E-state index in [-0.39, 0.29) is 11.8 Å². The summed E-state index contributed by atoms with van der Waals surface area (Å²) in [4.78, 5) is 0. The summed E-state index contributed by atoms with van der Waals surface area (Å²) >= 11 is 0. The highest BCUT2D eigenvalue weighted by Gasteiger charge is 2.68. The van der Waals surface area contributed by atoms with Crippen LogP contribution in [0.4, 0.5) is 0 Å². The third-order valence-electron chi connectivity index (χ3n) is 12.1. The first kappa shape index (κ1) is 20.5. The summed E-state index contributed by atoms with van der Waals surface area (Å²) in [6.07, 6.45) is 13.2. The van der Waals surface area contributed by atoms with Gasteiger partial charge in [0.25, 0.3) is 0 Å². The van der Waals surface area contributed by atoms with Gasteiger partial charge in [-0.05, 0) is 111 Å². The van der Waals surface area contributed by atoms with Crippen LogP contribution in [-0.4, -0.2) is 29.6 Å². The maximum atomic E-state index is 10.3. The van der Waals surface area contributed by atoms with E-state index < -0.39 is 0 Å². The average molecular weight is 416 g/mol. The topological polar surface area (TPSA) is 41.5 Å². The lowest BCUT2D eigenvalue weighted by Crippen LogP contribution is -2.57. The van der Waals surface area contributed by atoms with Gasteiger partial charge in [-0.1, -0.05) is 27.7 Å². The van der Waals surface area contributed by atoms with Crippen molar-refractivity contribution in [2.24, 2.45) is 52.3 Å². The molecule has 4 saturated carbocycles. The highest BCUT2D eigenvalue weighted by Crippen LogP contribution is 2.71. The second-order valence-corrected chi connectivity index (χ2v) is 13.3. The van der Waals surface area contributed by atoms with E-state index in [1.807, 2.05) is 0 Å². The number of fused-ring (bicyclic) bond motifs is 7. The third-order valence-corrected chi connectivity index (χ3v) is 12.1. The first-order valence-electron chi connectivity index (χ1n) is 13.4. The van der Waals surface area contributed by atoms with Gasteiger partial charge in [0.1, 0.15) is 5.72 Å². The molecule has 1 spiro atoms. The lowest BCUT2D eigenvalue weighted by atomic mass is 9.44. The summed E-state index contributed by atoms with van der Waals surface area (Å²) in [5.41, 5.74) is 0.919. The van der Waals surface area contributed by atoms with Crippen molar-refractivity contribution in [3.63, 3.8) is 0 Å². The van der Waals surface area contributed by atoms with Crippen molar-refractivity contribution in [3.8, 4) is 0 Å². The zero-order valence-corrected chi connectivity index (χ0v) is 19.8. The van der Waals surface area contributed by atoms with Crippen LogP contribution < -0.4 is 5.32 Å². The molecule has 2 saturated heterocycles. The molecule has 0 aromatic heterocycles. The summed E-state index contributed by atoms with van der Waals surface area (Å²) in [7, 11) is 0. The Morgan fingerprint density at radius 2 is 1.67 bits per heavy atom. The van der Waals surface area contributed by atoms with Crippen molar-refractivity contribution in [1.82, 2.24) is 5.32 Å². The summed E-state index contributed by atoms with van der Waals surface area (Å²) in [5.74, 6) is 5.57. The maximum absolute atomic E-state index is 10.3. The van der Waals surface area contributed by atoms with Crippen LogP contribution in [0.5, 0.6) is 0 Å². The summed E-state index contributed by atoms with van der Waals surface area (Å²) in [6, 6.07) is 0. The van der Waals surface area contributed by atoms with Crippen LogP contribution in [0.1, 0.15) is 91.9 Å². The Hall–Kier alpha value is -0.120. The molecular formula is C27H45NO2. The van der Waals surface area contributed by atoms with E-state index in [9.17, 15) is 5.11 Å². The fourth-order valence-corrected chi connectivity index (χ4v) is 10.4. The number of rotatable bonds is 0. The van der Waals surface area contributed by atoms with Crippen LogP contribution in [-0.2, 0) is 4.74 Å². The Labute approximate surface area is 184 Å². The molecule has 4 aliphatic carbocycles.